The van der Waals surface area contributed by atoms with Gasteiger partial charge in [-0.2, -0.15) is 4.80 Å². The highest BCUT2D eigenvalue weighted by molar-refractivity contribution is 5.75. The molecule has 2 heterocycles. The minimum absolute atomic E-state index is 0.0589. The number of benzene rings is 1. The van der Waals surface area contributed by atoms with Gasteiger partial charge in [0, 0.05) is 18.7 Å². The number of nitrogens with zero attached hydrogens (tertiary/aromatic N) is 5. The zero-order valence-electron chi connectivity index (χ0n) is 14.3. The Hall–Kier alpha value is -2.28. The molecule has 0 bridgehead atoms. The Bertz CT molecular complexity index is 679. The van der Waals surface area contributed by atoms with E-state index in [1.54, 1.807) is 0 Å². The number of carbonyl (C=O) groups excluding carboxylic acids is 1. The Kier molecular flexibility index (Phi) is 5.20. The van der Waals surface area contributed by atoms with Crippen LogP contribution in [0.25, 0.3) is 11.4 Å². The molecule has 3 rings (SSSR count). The minimum atomic E-state index is 0.0589. The number of amides is 1. The fourth-order valence-electron chi connectivity index (χ4n) is 3.10. The first kappa shape index (κ1) is 16.6. The second kappa shape index (κ2) is 7.53. The highest BCUT2D eigenvalue weighted by Crippen LogP contribution is 2.17. The predicted octanol–water partition coefficient (Wildman–Crippen LogP) is 1.11. The van der Waals surface area contributed by atoms with Gasteiger partial charge in [-0.25, -0.2) is 0 Å². The van der Waals surface area contributed by atoms with Crippen molar-refractivity contribution in [1.82, 2.24) is 30.4 Å². The monoisotopic (exact) mass is 328 g/mol. The molecule has 1 N–H and O–H groups in total. The van der Waals surface area contributed by atoms with Crippen LogP contribution in [0.5, 0.6) is 0 Å². The average molecular weight is 328 g/mol. The average Bonchev–Trinajstić information content (AvgIpc) is 3.04. The lowest BCUT2D eigenvalue weighted by atomic mass is 9.98. The molecular weight excluding hydrogens is 304 g/mol. The molecule has 0 saturated carbocycles. The molecule has 2 aromatic rings. The van der Waals surface area contributed by atoms with Gasteiger partial charge < -0.3 is 10.2 Å². The van der Waals surface area contributed by atoms with Crippen molar-refractivity contribution in [2.45, 2.75) is 26.3 Å². The van der Waals surface area contributed by atoms with Crippen molar-refractivity contribution in [1.29, 1.82) is 0 Å². The molecule has 0 spiro atoms. The van der Waals surface area contributed by atoms with Crippen molar-refractivity contribution in [2.24, 2.45) is 5.92 Å². The maximum absolute atomic E-state index is 12.5. The van der Waals surface area contributed by atoms with Crippen molar-refractivity contribution >= 4 is 5.91 Å². The first-order valence-electron chi connectivity index (χ1n) is 8.43. The lowest BCUT2D eigenvalue weighted by Crippen LogP contribution is -2.44. The lowest BCUT2D eigenvalue weighted by molar-refractivity contribution is -0.134. The SMILES string of the molecule is CNCC1CCCN(C(=O)Cn2nnc(-c3ccc(C)cc3)n2)C1. The minimum Gasteiger partial charge on any atom is -0.341 e. The van der Waals surface area contributed by atoms with Crippen molar-refractivity contribution in [3.05, 3.63) is 29.8 Å². The molecule has 0 aliphatic carbocycles. The Morgan fingerprint density at radius 1 is 1.33 bits per heavy atom. The maximum atomic E-state index is 12.5. The number of aromatic nitrogens is 4. The molecule has 1 saturated heterocycles. The summed E-state index contributed by atoms with van der Waals surface area (Å²) in [5.74, 6) is 1.14. The van der Waals surface area contributed by atoms with Crippen LogP contribution in [-0.2, 0) is 11.3 Å². The molecule has 1 aliphatic rings. The third-order valence-corrected chi connectivity index (χ3v) is 4.40. The van der Waals surface area contributed by atoms with Gasteiger partial charge >= 0.3 is 0 Å². The molecular formula is C17H24N6O. The lowest BCUT2D eigenvalue weighted by Gasteiger charge is -2.32. The van der Waals surface area contributed by atoms with Crippen LogP contribution in [0.3, 0.4) is 0 Å². The van der Waals surface area contributed by atoms with E-state index in [4.69, 9.17) is 0 Å². The standard InChI is InChI=1S/C17H24N6O/c1-13-5-7-15(8-6-13)17-19-21-23(20-17)12-16(24)22-9-3-4-14(11-22)10-18-2/h5-8,14,18H,3-4,9-12H2,1-2H3. The topological polar surface area (TPSA) is 75.9 Å². The maximum Gasteiger partial charge on any atom is 0.246 e. The summed E-state index contributed by atoms with van der Waals surface area (Å²) in [7, 11) is 1.95. The number of rotatable bonds is 5. The van der Waals surface area contributed by atoms with E-state index in [0.29, 0.717) is 11.7 Å². The fourth-order valence-corrected chi connectivity index (χ4v) is 3.10. The number of hydrogen-bond acceptors (Lipinski definition) is 5. The number of hydrogen-bond donors (Lipinski definition) is 1. The number of piperidine rings is 1. The summed E-state index contributed by atoms with van der Waals surface area (Å²) >= 11 is 0. The van der Waals surface area contributed by atoms with E-state index in [2.05, 4.69) is 20.7 Å². The van der Waals surface area contributed by atoms with E-state index in [9.17, 15) is 4.79 Å². The number of nitrogens with one attached hydrogen (secondary N) is 1. The number of tetrazole rings is 1. The molecule has 0 radical (unpaired) electrons. The predicted molar refractivity (Wildman–Crippen MR) is 91.2 cm³/mol. The molecule has 1 aliphatic heterocycles. The van der Waals surface area contributed by atoms with Crippen LogP contribution in [0.2, 0.25) is 0 Å². The van der Waals surface area contributed by atoms with Crippen molar-refractivity contribution in [2.75, 3.05) is 26.7 Å². The third-order valence-electron chi connectivity index (χ3n) is 4.40. The first-order chi connectivity index (χ1) is 11.7. The zero-order valence-corrected chi connectivity index (χ0v) is 14.3. The van der Waals surface area contributed by atoms with Crippen molar-refractivity contribution in [3.8, 4) is 11.4 Å². The zero-order chi connectivity index (χ0) is 16.9. The summed E-state index contributed by atoms with van der Waals surface area (Å²) in [5, 5.41) is 15.6. The highest BCUT2D eigenvalue weighted by atomic mass is 16.2. The van der Waals surface area contributed by atoms with Crippen molar-refractivity contribution in [3.63, 3.8) is 0 Å². The molecule has 1 amide bonds. The number of carbonyl (C=O) groups is 1. The van der Waals surface area contributed by atoms with Crippen LogP contribution in [0, 0.1) is 12.8 Å². The van der Waals surface area contributed by atoms with Crippen LogP contribution in [0.1, 0.15) is 18.4 Å². The molecule has 24 heavy (non-hydrogen) atoms. The molecule has 1 aromatic heterocycles. The summed E-state index contributed by atoms with van der Waals surface area (Å²) in [6.45, 7) is 4.75. The highest BCUT2D eigenvalue weighted by Gasteiger charge is 2.23. The molecule has 1 atom stereocenters. The van der Waals surface area contributed by atoms with Gasteiger partial charge in [-0.3, -0.25) is 4.79 Å². The normalized spacial score (nSPS) is 17.9. The van der Waals surface area contributed by atoms with Crippen molar-refractivity contribution < 1.29 is 4.79 Å². The van der Waals surface area contributed by atoms with E-state index in [1.165, 1.54) is 16.8 Å². The van der Waals surface area contributed by atoms with Gasteiger partial charge in [0.05, 0.1) is 0 Å². The van der Waals surface area contributed by atoms with Crippen LogP contribution >= 0.6 is 0 Å². The van der Waals surface area contributed by atoms with Gasteiger partial charge in [0.1, 0.15) is 6.54 Å². The van der Waals surface area contributed by atoms with Gasteiger partial charge in [0.15, 0.2) is 0 Å². The first-order valence-corrected chi connectivity index (χ1v) is 8.43. The molecule has 128 valence electrons. The van der Waals surface area contributed by atoms with E-state index >= 15 is 0 Å². The van der Waals surface area contributed by atoms with E-state index in [0.717, 1.165) is 31.6 Å². The quantitative estimate of drug-likeness (QED) is 0.890. The Morgan fingerprint density at radius 2 is 2.12 bits per heavy atom. The van der Waals surface area contributed by atoms with Crippen LogP contribution in [-0.4, -0.2) is 57.7 Å². The summed E-state index contributed by atoms with van der Waals surface area (Å²) in [5.41, 5.74) is 2.09. The number of likely N-dealkylation sites (tertiary alicyclic amines) is 1. The molecule has 7 heteroatoms. The number of aryl methyl sites for hydroxylation is 1. The van der Waals surface area contributed by atoms with Gasteiger partial charge in [0.2, 0.25) is 11.7 Å². The third kappa shape index (κ3) is 3.97. The largest absolute Gasteiger partial charge is 0.341 e. The Labute approximate surface area is 142 Å². The van der Waals surface area contributed by atoms with Gasteiger partial charge in [-0.1, -0.05) is 29.8 Å². The summed E-state index contributed by atoms with van der Waals surface area (Å²) in [6, 6.07) is 7.95. The Morgan fingerprint density at radius 3 is 2.88 bits per heavy atom. The second-order valence-corrected chi connectivity index (χ2v) is 6.42. The van der Waals surface area contributed by atoms with Gasteiger partial charge in [-0.05, 0) is 44.5 Å². The summed E-state index contributed by atoms with van der Waals surface area (Å²) in [4.78, 5) is 15.8. The molecule has 7 nitrogen and oxygen atoms in total. The second-order valence-electron chi connectivity index (χ2n) is 6.42. The summed E-state index contributed by atoms with van der Waals surface area (Å²) < 4.78 is 0. The van der Waals surface area contributed by atoms with E-state index in [-0.39, 0.29) is 12.5 Å². The van der Waals surface area contributed by atoms with Gasteiger partial charge in [-0.15, -0.1) is 10.2 Å². The van der Waals surface area contributed by atoms with Crippen LogP contribution in [0.4, 0.5) is 0 Å². The smallest absolute Gasteiger partial charge is 0.246 e. The summed E-state index contributed by atoms with van der Waals surface area (Å²) in [6.07, 6.45) is 2.22. The van der Waals surface area contributed by atoms with Crippen LogP contribution in [0.15, 0.2) is 24.3 Å². The van der Waals surface area contributed by atoms with Crippen LogP contribution < -0.4 is 5.32 Å². The van der Waals surface area contributed by atoms with Gasteiger partial charge in [0.25, 0.3) is 0 Å². The molecule has 1 fully saturated rings. The molecule has 1 aromatic carbocycles. The molecule has 1 unspecified atom stereocenters. The fraction of sp³-hybridized carbons (Fsp3) is 0.529. The van der Waals surface area contributed by atoms with E-state index in [1.807, 2.05) is 43.1 Å². The van der Waals surface area contributed by atoms with E-state index < -0.39 is 0 Å². The Balaban J connectivity index is 1.61.